The van der Waals surface area contributed by atoms with Crippen LogP contribution in [0, 0.1) is 50.2 Å². The zero-order chi connectivity index (χ0) is 45.9. The molecule has 20 atom stereocenters. The molecule has 0 radical (unpaired) electrons. The van der Waals surface area contributed by atoms with Crippen LogP contribution in [0.1, 0.15) is 113 Å². The number of hydrogen-bond acceptors (Lipinski definition) is 14. The number of ether oxygens (including phenoxy) is 4. The van der Waals surface area contributed by atoms with E-state index in [0.717, 1.165) is 44.9 Å². The van der Waals surface area contributed by atoms with E-state index in [9.17, 15) is 55.2 Å². The van der Waals surface area contributed by atoms with Crippen molar-refractivity contribution in [3.8, 4) is 0 Å². The number of aliphatic carboxylic acids is 3. The van der Waals surface area contributed by atoms with Crippen molar-refractivity contribution in [1.29, 1.82) is 0 Å². The monoisotopic (exact) mass is 879 g/mol. The van der Waals surface area contributed by atoms with Crippen molar-refractivity contribution >= 4 is 23.7 Å². The highest BCUT2D eigenvalue weighted by atomic mass is 16.8. The number of carboxylic acids is 3. The zero-order valence-corrected chi connectivity index (χ0v) is 37.2. The molecule has 4 saturated carbocycles. The maximum Gasteiger partial charge on any atom is 0.335 e. The van der Waals surface area contributed by atoms with Crippen LogP contribution in [-0.2, 0) is 38.1 Å². The molecule has 7 rings (SSSR count). The lowest BCUT2D eigenvalue weighted by molar-refractivity contribution is -0.371. The fourth-order valence-corrected chi connectivity index (χ4v) is 13.9. The molecule has 2 saturated heterocycles. The van der Waals surface area contributed by atoms with Crippen LogP contribution in [0.25, 0.3) is 0 Å². The molecule has 350 valence electrons. The number of aliphatic hydroxyl groups is 5. The average Bonchev–Trinajstić information content (AvgIpc) is 3.18. The Morgan fingerprint density at radius 3 is 1.97 bits per heavy atom. The molecule has 0 bridgehead atoms. The number of hydrogen-bond donors (Lipinski definition) is 9. The van der Waals surface area contributed by atoms with Gasteiger partial charge in [0.25, 0.3) is 0 Å². The Kier molecular flexibility index (Phi) is 12.3. The van der Waals surface area contributed by atoms with E-state index >= 15 is 4.79 Å². The molecule has 0 aromatic rings. The molecule has 0 amide bonds. The highest BCUT2D eigenvalue weighted by Crippen LogP contribution is 2.75. The van der Waals surface area contributed by atoms with Gasteiger partial charge in [-0.25, -0.2) is 9.59 Å². The smallest absolute Gasteiger partial charge is 0.335 e. The Bertz CT molecular complexity index is 1820. The molecule has 17 heteroatoms. The van der Waals surface area contributed by atoms with Gasteiger partial charge >= 0.3 is 17.9 Å². The van der Waals surface area contributed by atoms with E-state index in [2.05, 4.69) is 39.9 Å². The molecule has 9 N–H and O–H groups in total. The molecule has 17 nitrogen and oxygen atoms in total. The second-order valence-electron chi connectivity index (χ2n) is 22.0. The molecule has 0 spiro atoms. The van der Waals surface area contributed by atoms with Crippen molar-refractivity contribution in [2.24, 2.45) is 50.2 Å². The van der Waals surface area contributed by atoms with Gasteiger partial charge in [0.1, 0.15) is 42.7 Å². The predicted octanol–water partition coefficient (Wildman–Crippen LogP) is 2.22. The van der Waals surface area contributed by atoms with Gasteiger partial charge in [-0.1, -0.05) is 54.0 Å². The van der Waals surface area contributed by atoms with E-state index < -0.39 is 102 Å². The molecule has 0 aromatic carbocycles. The number of carbonyl (C=O) groups excluding carboxylic acids is 1. The summed E-state index contributed by atoms with van der Waals surface area (Å²) in [6.07, 6.45) is -10.9. The minimum absolute atomic E-state index is 0.0253. The Labute approximate surface area is 362 Å². The van der Waals surface area contributed by atoms with Crippen LogP contribution in [0.2, 0.25) is 0 Å². The number of allylic oxidation sites excluding steroid dienone is 2. The SMILES string of the molecule is C[C@H](NC[C@@]1(C)CC[C@]2(C)CC[C@]3(C)C(=CC(=O)[C@@H]4[C@@]5(C)CC[C@H](O[C@@H]6O[C@H](C(=O)O)[C@@H](O)[C@H](O)[C@H]6O[C@@H]6O[C@H](C(=O)O)[C@@H](O)[C@H](O)[C@H]6O)C(C)(C)[C@@H]5CC[C@]43C)[C@@H]2C1)C(=O)O. The fraction of sp³-hybridized carbons (Fsp3) is 0.867. The third-order valence-electron chi connectivity index (χ3n) is 18.0. The molecular weight excluding hydrogens is 810 g/mol. The maximum atomic E-state index is 15.0. The highest BCUT2D eigenvalue weighted by molar-refractivity contribution is 5.95. The molecule has 2 aliphatic heterocycles. The van der Waals surface area contributed by atoms with Gasteiger partial charge in [0.15, 0.2) is 30.6 Å². The fourth-order valence-electron chi connectivity index (χ4n) is 13.9. The van der Waals surface area contributed by atoms with Crippen molar-refractivity contribution in [3.05, 3.63) is 11.6 Å². The molecule has 0 unspecified atom stereocenters. The first-order valence-electron chi connectivity index (χ1n) is 22.4. The largest absolute Gasteiger partial charge is 0.480 e. The summed E-state index contributed by atoms with van der Waals surface area (Å²) < 4.78 is 23.5. The summed E-state index contributed by atoms with van der Waals surface area (Å²) in [5.41, 5.74) is -0.678. The number of carboxylic acid groups (broad SMARTS) is 3. The van der Waals surface area contributed by atoms with Crippen LogP contribution in [0.5, 0.6) is 0 Å². The predicted molar refractivity (Wildman–Crippen MR) is 217 cm³/mol. The van der Waals surface area contributed by atoms with Crippen molar-refractivity contribution in [2.45, 2.75) is 187 Å². The van der Waals surface area contributed by atoms with Gasteiger partial charge in [0.2, 0.25) is 0 Å². The third-order valence-corrected chi connectivity index (χ3v) is 18.0. The molecule has 6 fully saturated rings. The first-order valence-corrected chi connectivity index (χ1v) is 22.4. The first kappa shape index (κ1) is 47.4. The number of fused-ring (bicyclic) bond motifs is 7. The molecular formula is C45H69NO16. The molecule has 0 aromatic heterocycles. The van der Waals surface area contributed by atoms with Crippen molar-refractivity contribution in [2.75, 3.05) is 6.54 Å². The van der Waals surface area contributed by atoms with E-state index in [4.69, 9.17) is 18.9 Å². The standard InChI is InChI=1S/C45H69NO16/c1-20(35(53)54)46-19-41(4)13-14-42(5)15-16-44(7)21(22(42)18-41)17-23(47)34-43(6)11-10-25(40(2,3)24(43)9-12-45(34,44)8)59-39-33(29(51)28(50)32(61-39)37(57)58)62-38-30(52)26(48)27(49)31(60-38)36(55)56/h17,20,22,24-34,38-39,46,48-52H,9-16,18-19H2,1-8H3,(H,53,54)(H,55,56)(H,57,58)/t20-,22-,24-,25-,26-,27-,28-,29-,30+,31-,32-,33+,34+,38-,39+,41-,42+,43-,44+,45+/m0/s1. The van der Waals surface area contributed by atoms with Crippen molar-refractivity contribution in [1.82, 2.24) is 5.32 Å². The summed E-state index contributed by atoms with van der Waals surface area (Å²) >= 11 is 0. The Morgan fingerprint density at radius 2 is 1.35 bits per heavy atom. The van der Waals surface area contributed by atoms with E-state index in [1.807, 2.05) is 19.9 Å². The van der Waals surface area contributed by atoms with Gasteiger partial charge in [0, 0.05) is 12.5 Å². The summed E-state index contributed by atoms with van der Waals surface area (Å²) in [6, 6.07) is -0.664. The van der Waals surface area contributed by atoms with Gasteiger partial charge in [0.05, 0.1) is 6.10 Å². The van der Waals surface area contributed by atoms with Gasteiger partial charge < -0.3 is 65.1 Å². The Morgan fingerprint density at radius 1 is 0.758 bits per heavy atom. The van der Waals surface area contributed by atoms with E-state index in [1.54, 1.807) is 6.92 Å². The van der Waals surface area contributed by atoms with Crippen LogP contribution in [0.15, 0.2) is 11.6 Å². The Hall–Kier alpha value is -2.58. The number of aliphatic hydroxyl groups excluding tert-OH is 5. The maximum absolute atomic E-state index is 15.0. The lowest BCUT2D eigenvalue weighted by Crippen LogP contribution is -2.68. The topological polar surface area (TPSA) is 279 Å². The number of carbonyl (C=O) groups is 4. The summed E-state index contributed by atoms with van der Waals surface area (Å²) in [7, 11) is 0. The quantitative estimate of drug-likeness (QED) is 0.142. The van der Waals surface area contributed by atoms with Crippen molar-refractivity contribution in [3.63, 3.8) is 0 Å². The van der Waals surface area contributed by atoms with Gasteiger partial charge in [-0.2, -0.15) is 0 Å². The lowest BCUT2D eigenvalue weighted by atomic mass is 9.33. The number of nitrogens with one attached hydrogen (secondary N) is 1. The number of ketones is 1. The van der Waals surface area contributed by atoms with Crippen LogP contribution < -0.4 is 5.32 Å². The van der Waals surface area contributed by atoms with Crippen LogP contribution in [0.3, 0.4) is 0 Å². The summed E-state index contributed by atoms with van der Waals surface area (Å²) in [6.45, 7) is 17.8. The second kappa shape index (κ2) is 16.1. The molecule has 62 heavy (non-hydrogen) atoms. The van der Waals surface area contributed by atoms with Crippen LogP contribution in [0.4, 0.5) is 0 Å². The number of rotatable bonds is 10. The molecule has 7 aliphatic rings. The van der Waals surface area contributed by atoms with Crippen LogP contribution in [-0.4, -0.2) is 145 Å². The molecule has 2 heterocycles. The summed E-state index contributed by atoms with van der Waals surface area (Å²) in [5, 5.41) is 85.8. The zero-order valence-electron chi connectivity index (χ0n) is 37.2. The highest BCUT2D eigenvalue weighted by Gasteiger charge is 2.70. The second-order valence-corrected chi connectivity index (χ2v) is 22.0. The first-order chi connectivity index (χ1) is 28.7. The summed E-state index contributed by atoms with van der Waals surface area (Å²) in [5.74, 6) is -4.24. The van der Waals surface area contributed by atoms with Crippen LogP contribution >= 0.6 is 0 Å². The van der Waals surface area contributed by atoms with Gasteiger partial charge in [-0.05, 0) is 115 Å². The van der Waals surface area contributed by atoms with E-state index in [0.29, 0.717) is 19.4 Å². The normalized spacial score (nSPS) is 50.5. The van der Waals surface area contributed by atoms with E-state index in [-0.39, 0.29) is 45.2 Å². The Balaban J connectivity index is 1.15. The van der Waals surface area contributed by atoms with Crippen molar-refractivity contribution < 1.29 is 79.0 Å². The lowest BCUT2D eigenvalue weighted by Gasteiger charge is -2.70. The minimum atomic E-state index is -2.04. The summed E-state index contributed by atoms with van der Waals surface area (Å²) in [4.78, 5) is 50.7. The van der Waals surface area contributed by atoms with Gasteiger partial charge in [-0.15, -0.1) is 0 Å². The third kappa shape index (κ3) is 7.38. The average molecular weight is 880 g/mol. The van der Waals surface area contributed by atoms with E-state index in [1.165, 1.54) is 5.57 Å². The molecule has 5 aliphatic carbocycles. The minimum Gasteiger partial charge on any atom is -0.480 e. The van der Waals surface area contributed by atoms with Gasteiger partial charge in [-0.3, -0.25) is 9.59 Å².